The molecule has 0 aliphatic heterocycles. The molecule has 1 unspecified atom stereocenters. The van der Waals surface area contributed by atoms with Crippen LogP contribution < -0.4 is 29.8 Å². The van der Waals surface area contributed by atoms with Crippen LogP contribution in [0.5, 0.6) is 23.0 Å². The molecule has 6 aromatic rings. The number of hydrogen-bond acceptors (Lipinski definition) is 15. The number of sulfonamides is 2. The number of imidazole rings is 1. The minimum absolute atomic E-state index is 0.0159. The highest BCUT2D eigenvalue weighted by Gasteiger charge is 2.29. The minimum Gasteiger partial charge on any atom is -0.507 e. The molecule has 0 saturated heterocycles. The Morgan fingerprint density at radius 1 is 0.884 bits per heavy atom. The number of nitrogens with two attached hydrogens (primary N) is 2. The molecular weight excluding hydrogens is 937 g/mol. The fourth-order valence-electron chi connectivity index (χ4n) is 7.18. The number of methoxy groups -OCH3 is 2. The maximum atomic E-state index is 14.4. The Morgan fingerprint density at radius 3 is 2.19 bits per heavy atom. The molecule has 364 valence electrons. The predicted octanol–water partition coefficient (Wildman–Crippen LogP) is 5.43. The van der Waals surface area contributed by atoms with Gasteiger partial charge in [0.25, 0.3) is 0 Å². The van der Waals surface area contributed by atoms with Gasteiger partial charge in [0.05, 0.1) is 64.6 Å². The van der Waals surface area contributed by atoms with Gasteiger partial charge in [-0.1, -0.05) is 0 Å². The number of aromatic hydroxyl groups is 1. The zero-order valence-corrected chi connectivity index (χ0v) is 39.8. The van der Waals surface area contributed by atoms with Crippen molar-refractivity contribution in [3.63, 3.8) is 0 Å². The highest BCUT2D eigenvalue weighted by atomic mass is 32.2. The second-order valence-electron chi connectivity index (χ2n) is 16.7. The summed E-state index contributed by atoms with van der Waals surface area (Å²) in [4.78, 5) is 46.3. The van der Waals surface area contributed by atoms with E-state index >= 15 is 0 Å². The molecule has 22 heteroatoms. The number of carbonyl (C=O) groups is 3. The van der Waals surface area contributed by atoms with Crippen LogP contribution in [0.15, 0.2) is 88.7 Å². The number of nitrogen functional groups attached to an aromatic ring is 1. The van der Waals surface area contributed by atoms with Crippen molar-refractivity contribution < 1.29 is 65.1 Å². The van der Waals surface area contributed by atoms with Gasteiger partial charge in [0, 0.05) is 40.5 Å². The first kappa shape index (κ1) is 51.2. The van der Waals surface area contributed by atoms with Crippen LogP contribution in [0.4, 0.5) is 0 Å². The van der Waals surface area contributed by atoms with Crippen molar-refractivity contribution in [1.82, 2.24) is 14.7 Å². The average Bonchev–Trinajstić information content (AvgIpc) is 3.71. The SMILES string of the molecule is COCCOCOc1c(C=O)cc(C(C)C(=O)Oc2ccc(S(N)(=O)=O)cc2-c2cc(CC(=O)O)cc(-c3nc4cc(C(=N)N)ccc4[nH]3)c2O)cc1-c1cc(S(=O)(=O)NC(C)(C)C)ccc1OC. The van der Waals surface area contributed by atoms with Gasteiger partial charge in [0.1, 0.15) is 34.7 Å². The van der Waals surface area contributed by atoms with Crippen LogP contribution in [0, 0.1) is 5.41 Å². The van der Waals surface area contributed by atoms with Crippen LogP contribution >= 0.6 is 0 Å². The van der Waals surface area contributed by atoms with E-state index in [2.05, 4.69) is 14.7 Å². The van der Waals surface area contributed by atoms with Crippen molar-refractivity contribution in [3.05, 3.63) is 101 Å². The number of hydrogen-bond donors (Lipinski definition) is 7. The van der Waals surface area contributed by atoms with E-state index in [1.807, 2.05) is 0 Å². The second kappa shape index (κ2) is 20.6. The van der Waals surface area contributed by atoms with Gasteiger partial charge in [-0.15, -0.1) is 0 Å². The molecule has 0 bridgehead atoms. The Bertz CT molecular complexity index is 3220. The molecule has 20 nitrogen and oxygen atoms in total. The number of aliphatic carboxylic acids is 1. The summed E-state index contributed by atoms with van der Waals surface area (Å²) in [6.07, 6.45) is -0.0915. The number of nitrogens with one attached hydrogen (secondary N) is 3. The van der Waals surface area contributed by atoms with Gasteiger partial charge >= 0.3 is 11.9 Å². The highest BCUT2D eigenvalue weighted by Crippen LogP contribution is 2.45. The number of aromatic amines is 1. The third-order valence-corrected chi connectivity index (χ3v) is 13.1. The second-order valence-corrected chi connectivity index (χ2v) is 19.9. The smallest absolute Gasteiger partial charge is 0.318 e. The van der Waals surface area contributed by atoms with Crippen LogP contribution in [0.25, 0.3) is 44.7 Å². The lowest BCUT2D eigenvalue weighted by Crippen LogP contribution is -2.40. The number of aromatic nitrogens is 2. The largest absolute Gasteiger partial charge is 0.507 e. The Kier molecular flexibility index (Phi) is 15.3. The number of rotatable bonds is 20. The molecule has 9 N–H and O–H groups in total. The van der Waals surface area contributed by atoms with E-state index in [0.29, 0.717) is 22.9 Å². The van der Waals surface area contributed by atoms with Gasteiger partial charge in [-0.3, -0.25) is 19.8 Å². The van der Waals surface area contributed by atoms with E-state index in [4.69, 9.17) is 40.0 Å². The zero-order valence-electron chi connectivity index (χ0n) is 38.2. The number of benzene rings is 5. The third-order valence-electron chi connectivity index (χ3n) is 10.4. The van der Waals surface area contributed by atoms with E-state index in [-0.39, 0.29) is 98.3 Å². The molecular formula is C47H50N6O14S2. The minimum atomic E-state index is -4.43. The van der Waals surface area contributed by atoms with Gasteiger partial charge in [-0.25, -0.2) is 31.7 Å². The number of carboxylic acid groups (broad SMARTS) is 1. The summed E-state index contributed by atoms with van der Waals surface area (Å²) in [6.45, 7) is 6.48. The fourth-order valence-corrected chi connectivity index (χ4v) is 9.16. The molecule has 0 aliphatic carbocycles. The summed E-state index contributed by atoms with van der Waals surface area (Å²) >= 11 is 0. The fraction of sp³-hybridized carbons (Fsp3) is 0.255. The molecule has 0 fully saturated rings. The lowest BCUT2D eigenvalue weighted by Gasteiger charge is -2.22. The van der Waals surface area contributed by atoms with Gasteiger partial charge in [-0.2, -0.15) is 0 Å². The molecule has 1 aromatic heterocycles. The number of carboxylic acids is 1. The number of carbonyl (C=O) groups excluding carboxylic acids is 2. The summed E-state index contributed by atoms with van der Waals surface area (Å²) in [6, 6.07) is 17.6. The van der Waals surface area contributed by atoms with Crippen LogP contribution in [0.2, 0.25) is 0 Å². The maximum Gasteiger partial charge on any atom is 0.318 e. The number of fused-ring (bicyclic) bond motifs is 1. The summed E-state index contributed by atoms with van der Waals surface area (Å²) in [7, 11) is -5.71. The zero-order chi connectivity index (χ0) is 50.6. The van der Waals surface area contributed by atoms with Crippen LogP contribution in [0.3, 0.4) is 0 Å². The number of esters is 1. The summed E-state index contributed by atoms with van der Waals surface area (Å²) < 4.78 is 83.4. The first-order valence-electron chi connectivity index (χ1n) is 20.8. The monoisotopic (exact) mass is 986 g/mol. The summed E-state index contributed by atoms with van der Waals surface area (Å²) in [5, 5.41) is 35.1. The number of aldehydes is 1. The average molecular weight is 987 g/mol. The van der Waals surface area contributed by atoms with E-state index in [1.165, 1.54) is 69.7 Å². The van der Waals surface area contributed by atoms with Gasteiger partial charge in [0.15, 0.2) is 13.1 Å². The van der Waals surface area contributed by atoms with Gasteiger partial charge < -0.3 is 44.6 Å². The van der Waals surface area contributed by atoms with E-state index in [0.717, 1.165) is 18.2 Å². The van der Waals surface area contributed by atoms with Gasteiger partial charge in [0.2, 0.25) is 20.0 Å². The van der Waals surface area contributed by atoms with Crippen molar-refractivity contribution in [2.24, 2.45) is 10.9 Å². The number of phenols is 1. The van der Waals surface area contributed by atoms with Crippen LogP contribution in [0.1, 0.15) is 60.7 Å². The number of nitrogens with zero attached hydrogens (tertiary/aromatic N) is 1. The predicted molar refractivity (Wildman–Crippen MR) is 254 cm³/mol. The number of H-pyrrole nitrogens is 1. The van der Waals surface area contributed by atoms with Crippen molar-refractivity contribution >= 4 is 55.1 Å². The molecule has 6 rings (SSSR count). The molecule has 5 aromatic carbocycles. The molecule has 1 heterocycles. The normalized spacial score (nSPS) is 12.4. The number of ether oxygens (including phenoxy) is 5. The Morgan fingerprint density at radius 2 is 1.55 bits per heavy atom. The maximum absolute atomic E-state index is 14.4. The standard InChI is InChI=1S/C47H50N6O14S2/c1-25(28-18-29(23-54)43(66-24-65-14-13-63-5)35(19-28)33-22-31(9-11-39(33)64-6)69(61,62)53-47(2,3)4)46(58)67-40-12-8-30(68(50,59)60)21-32(40)34-15-26(17-41(55)56)16-36(42(34)57)45-51-37-10-7-27(44(48)49)20-38(37)52-45/h7-12,15-16,18-23,25,53,57H,13-14,17,24H2,1-6H3,(H3,48,49)(H,51,52)(H,55,56)(H2,50,59,60). The number of amidine groups is 1. The Balaban J connectivity index is 1.49. The molecule has 0 amide bonds. The molecule has 0 spiro atoms. The first-order chi connectivity index (χ1) is 32.4. The van der Waals surface area contributed by atoms with Gasteiger partial charge in [-0.05, 0) is 118 Å². The first-order valence-corrected chi connectivity index (χ1v) is 23.8. The van der Waals surface area contributed by atoms with E-state index in [9.17, 15) is 41.4 Å². The summed E-state index contributed by atoms with van der Waals surface area (Å²) in [5.74, 6) is -4.29. The van der Waals surface area contributed by atoms with Crippen molar-refractivity contribution in [2.45, 2.75) is 55.4 Å². The Labute approximate surface area is 397 Å². The summed E-state index contributed by atoms with van der Waals surface area (Å²) in [5.41, 5.74) is 6.14. The Hall–Kier alpha value is -7.21. The molecule has 0 aliphatic rings. The quantitative estimate of drug-likeness (QED) is 0.00953. The molecule has 69 heavy (non-hydrogen) atoms. The van der Waals surface area contributed by atoms with E-state index in [1.54, 1.807) is 32.9 Å². The lowest BCUT2D eigenvalue weighted by atomic mass is 9.92. The number of phenolic OH excluding ortho intramolecular Hbond substituents is 1. The topological polar surface area (TPSA) is 323 Å². The number of primary sulfonamides is 1. The lowest BCUT2D eigenvalue weighted by molar-refractivity contribution is -0.136. The van der Waals surface area contributed by atoms with E-state index < -0.39 is 60.5 Å². The molecule has 0 saturated carbocycles. The van der Waals surface area contributed by atoms with Crippen LogP contribution in [-0.4, -0.2) is 101 Å². The highest BCUT2D eigenvalue weighted by molar-refractivity contribution is 7.89. The van der Waals surface area contributed by atoms with Crippen molar-refractivity contribution in [3.8, 4) is 56.6 Å². The van der Waals surface area contributed by atoms with Crippen molar-refractivity contribution in [2.75, 3.05) is 34.2 Å². The molecule has 1 atom stereocenters. The van der Waals surface area contributed by atoms with Crippen LogP contribution in [-0.2, 0) is 45.5 Å². The van der Waals surface area contributed by atoms with Crippen molar-refractivity contribution in [1.29, 1.82) is 5.41 Å². The molecule has 0 radical (unpaired) electrons. The third kappa shape index (κ3) is 11.9.